The highest BCUT2D eigenvalue weighted by Crippen LogP contribution is 2.68. The Morgan fingerprint density at radius 1 is 1.05 bits per heavy atom. The Labute approximate surface area is 237 Å². The van der Waals surface area contributed by atoms with Crippen molar-refractivity contribution >= 4 is 40.9 Å². The molecule has 6 unspecified atom stereocenters. The number of imide groups is 1. The summed E-state index contributed by atoms with van der Waals surface area (Å²) < 4.78 is 11.8. The second kappa shape index (κ2) is 9.52. The first kappa shape index (κ1) is 25.4. The minimum absolute atomic E-state index is 0.0116. The van der Waals surface area contributed by atoms with Gasteiger partial charge in [0.05, 0.1) is 24.0 Å². The van der Waals surface area contributed by atoms with Crippen LogP contribution in [-0.4, -0.2) is 51.7 Å². The molecule has 206 valence electrons. The lowest BCUT2D eigenvalue weighted by atomic mass is 9.68. The highest BCUT2D eigenvalue weighted by atomic mass is 32.2. The maximum Gasteiger partial charge on any atom is 0.323 e. The van der Waals surface area contributed by atoms with Gasteiger partial charge in [-0.15, -0.1) is 11.8 Å². The number of benzene rings is 2. The van der Waals surface area contributed by atoms with E-state index in [1.165, 1.54) is 11.3 Å². The molecule has 2 N–H and O–H groups in total. The average Bonchev–Trinajstić information content (AvgIpc) is 3.68. The fourth-order valence-electron chi connectivity index (χ4n) is 7.48. The van der Waals surface area contributed by atoms with Gasteiger partial charge in [-0.25, -0.2) is 0 Å². The predicted molar refractivity (Wildman–Crippen MR) is 147 cm³/mol. The number of aromatic amines is 1. The monoisotopic (exact) mass is 578 g/mol. The standard InChI is InChI=1S/C29H26N2O7S2/c1-37-18-9-14(7-8-17(18)38-12-13-5-3-2-4-6-13)20-21-15-10-16(24(21)39-26-25(20)40-29(36)30-26)23-22(15)27(34)31(28(23)35)11-19(32)33/h2-9,15-16,20-24H,10-12H2,1H3,(H,30,36)(H,32,33)/t15?,16?,20-,21?,22?,23?,24?/m1/s1. The molecule has 2 bridgehead atoms. The number of aromatic nitrogens is 1. The molecular weight excluding hydrogens is 552 g/mol. The lowest BCUT2D eigenvalue weighted by molar-refractivity contribution is -0.149. The number of fused-ring (bicyclic) bond motifs is 9. The molecule has 3 aromatic rings. The van der Waals surface area contributed by atoms with Crippen LogP contribution in [0.4, 0.5) is 0 Å². The van der Waals surface area contributed by atoms with E-state index < -0.39 is 24.3 Å². The number of aliphatic carboxylic acids is 1. The number of thioether (sulfide) groups is 1. The van der Waals surface area contributed by atoms with Crippen LogP contribution in [0.3, 0.4) is 0 Å². The molecule has 0 spiro atoms. The van der Waals surface area contributed by atoms with Gasteiger partial charge in [0.15, 0.2) is 11.5 Å². The summed E-state index contributed by atoms with van der Waals surface area (Å²) in [6.07, 6.45) is 0.737. The minimum Gasteiger partial charge on any atom is -0.493 e. The van der Waals surface area contributed by atoms with Gasteiger partial charge in [-0.3, -0.25) is 24.1 Å². The van der Waals surface area contributed by atoms with Gasteiger partial charge in [-0.1, -0.05) is 47.7 Å². The highest BCUT2D eigenvalue weighted by molar-refractivity contribution is 8.00. The van der Waals surface area contributed by atoms with Crippen LogP contribution in [0.5, 0.6) is 11.5 Å². The molecule has 2 aliphatic heterocycles. The average molecular weight is 579 g/mol. The Morgan fingerprint density at radius 2 is 1.80 bits per heavy atom. The van der Waals surface area contributed by atoms with Crippen LogP contribution in [0.15, 0.2) is 58.4 Å². The summed E-state index contributed by atoms with van der Waals surface area (Å²) in [6.45, 7) is -0.209. The number of H-pyrrole nitrogens is 1. The summed E-state index contributed by atoms with van der Waals surface area (Å²) in [5, 5.41) is 10.1. The Bertz CT molecular complexity index is 1580. The zero-order valence-electron chi connectivity index (χ0n) is 21.4. The number of carbonyl (C=O) groups is 3. The normalized spacial score (nSPS) is 29.7. The molecule has 11 heteroatoms. The van der Waals surface area contributed by atoms with Crippen LogP contribution in [0, 0.1) is 29.6 Å². The molecule has 2 saturated carbocycles. The number of thiazole rings is 1. The molecule has 2 aromatic carbocycles. The summed E-state index contributed by atoms with van der Waals surface area (Å²) >= 11 is 2.78. The van der Waals surface area contributed by atoms with Gasteiger partial charge >= 0.3 is 10.8 Å². The van der Waals surface area contributed by atoms with Crippen molar-refractivity contribution in [2.75, 3.05) is 13.7 Å². The minimum atomic E-state index is -1.19. The second-order valence-electron chi connectivity index (χ2n) is 10.8. The number of rotatable bonds is 7. The summed E-state index contributed by atoms with van der Waals surface area (Å²) in [6, 6.07) is 15.7. The SMILES string of the molecule is COc1cc([C@H]2c3sc(=O)[nH]c3SC3C4CC(C5C(=O)N(CC(=O)O)C(=O)C45)C32)ccc1OCc1ccccc1. The van der Waals surface area contributed by atoms with Crippen LogP contribution in [-0.2, 0) is 21.0 Å². The van der Waals surface area contributed by atoms with Crippen molar-refractivity contribution in [3.05, 3.63) is 74.2 Å². The highest BCUT2D eigenvalue weighted by Gasteiger charge is 2.69. The number of hydrogen-bond donors (Lipinski definition) is 2. The van der Waals surface area contributed by atoms with E-state index in [4.69, 9.17) is 9.47 Å². The predicted octanol–water partition coefficient (Wildman–Crippen LogP) is 3.58. The number of carboxylic acids is 1. The number of nitrogens with zero attached hydrogens (tertiary/aromatic N) is 1. The molecule has 9 nitrogen and oxygen atoms in total. The zero-order valence-corrected chi connectivity index (χ0v) is 23.1. The van der Waals surface area contributed by atoms with Crippen molar-refractivity contribution in [1.29, 1.82) is 0 Å². The van der Waals surface area contributed by atoms with Crippen LogP contribution < -0.4 is 14.3 Å². The molecule has 4 aliphatic rings. The molecule has 1 aromatic heterocycles. The molecule has 3 heterocycles. The van der Waals surface area contributed by atoms with Gasteiger partial charge in [-0.2, -0.15) is 0 Å². The van der Waals surface area contributed by atoms with Gasteiger partial charge in [0.2, 0.25) is 11.8 Å². The van der Waals surface area contributed by atoms with Crippen LogP contribution in [0.2, 0.25) is 0 Å². The third-order valence-corrected chi connectivity index (χ3v) is 11.5. The summed E-state index contributed by atoms with van der Waals surface area (Å²) in [7, 11) is 1.59. The van der Waals surface area contributed by atoms with Crippen molar-refractivity contribution in [2.45, 2.75) is 29.2 Å². The molecule has 7 rings (SSSR count). The number of carboxylic acid groups (broad SMARTS) is 1. The topological polar surface area (TPSA) is 126 Å². The van der Waals surface area contributed by atoms with E-state index in [0.717, 1.165) is 32.4 Å². The smallest absolute Gasteiger partial charge is 0.323 e. The summed E-state index contributed by atoms with van der Waals surface area (Å²) in [4.78, 5) is 55.2. The number of nitrogens with one attached hydrogen (secondary N) is 1. The van der Waals surface area contributed by atoms with Gasteiger partial charge in [0, 0.05) is 16.0 Å². The quantitative estimate of drug-likeness (QED) is 0.408. The number of amides is 2. The van der Waals surface area contributed by atoms with E-state index in [1.807, 2.05) is 48.5 Å². The van der Waals surface area contributed by atoms with Crippen molar-refractivity contribution in [3.8, 4) is 11.5 Å². The van der Waals surface area contributed by atoms with E-state index in [1.54, 1.807) is 18.9 Å². The van der Waals surface area contributed by atoms with Gasteiger partial charge < -0.3 is 19.6 Å². The maximum atomic E-state index is 13.4. The van der Waals surface area contributed by atoms with E-state index in [9.17, 15) is 24.3 Å². The maximum absolute atomic E-state index is 13.4. The first-order valence-electron chi connectivity index (χ1n) is 13.2. The number of carbonyl (C=O) groups excluding carboxylic acids is 2. The molecular formula is C29H26N2O7S2. The first-order chi connectivity index (χ1) is 19.4. The van der Waals surface area contributed by atoms with Crippen molar-refractivity contribution in [1.82, 2.24) is 9.88 Å². The zero-order chi connectivity index (χ0) is 27.7. The van der Waals surface area contributed by atoms with E-state index in [0.29, 0.717) is 18.1 Å². The van der Waals surface area contributed by atoms with Crippen molar-refractivity contribution < 1.29 is 29.0 Å². The molecule has 0 radical (unpaired) electrons. The largest absolute Gasteiger partial charge is 0.493 e. The van der Waals surface area contributed by atoms with Crippen molar-refractivity contribution in [2.24, 2.45) is 29.6 Å². The Kier molecular flexibility index (Phi) is 6.04. The fourth-order valence-corrected chi connectivity index (χ4v) is 10.4. The summed E-state index contributed by atoms with van der Waals surface area (Å²) in [5.74, 6) is -2.08. The number of ether oxygens (including phenoxy) is 2. The molecule has 7 atom stereocenters. The molecule has 40 heavy (non-hydrogen) atoms. The molecule has 2 aliphatic carbocycles. The van der Waals surface area contributed by atoms with E-state index in [-0.39, 0.29) is 45.6 Å². The number of likely N-dealkylation sites (tertiary alicyclic amines) is 1. The first-order valence-corrected chi connectivity index (χ1v) is 14.9. The van der Waals surface area contributed by atoms with Crippen LogP contribution >= 0.6 is 23.1 Å². The lowest BCUT2D eigenvalue weighted by Crippen LogP contribution is -2.42. The lowest BCUT2D eigenvalue weighted by Gasteiger charge is -2.43. The molecule has 3 fully saturated rings. The summed E-state index contributed by atoms with van der Waals surface area (Å²) in [5.41, 5.74) is 1.99. The van der Waals surface area contributed by atoms with Crippen LogP contribution in [0.1, 0.15) is 28.3 Å². The molecule has 1 saturated heterocycles. The van der Waals surface area contributed by atoms with E-state index in [2.05, 4.69) is 4.98 Å². The Balaban J connectivity index is 1.25. The third kappa shape index (κ3) is 3.81. The van der Waals surface area contributed by atoms with Gasteiger partial charge in [0.25, 0.3) is 0 Å². The van der Waals surface area contributed by atoms with E-state index >= 15 is 0 Å². The molecule has 2 amide bonds. The Morgan fingerprint density at radius 3 is 2.52 bits per heavy atom. The third-order valence-electron chi connectivity index (χ3n) is 8.89. The van der Waals surface area contributed by atoms with Crippen LogP contribution in [0.25, 0.3) is 0 Å². The number of methoxy groups -OCH3 is 1. The second-order valence-corrected chi connectivity index (χ2v) is 13.0. The number of hydrogen-bond acceptors (Lipinski definition) is 8. The van der Waals surface area contributed by atoms with Gasteiger partial charge in [-0.05, 0) is 47.4 Å². The van der Waals surface area contributed by atoms with Crippen molar-refractivity contribution in [3.63, 3.8) is 0 Å². The Hall–Kier alpha value is -3.57. The fraction of sp³-hybridized carbons (Fsp3) is 0.379. The van der Waals surface area contributed by atoms with Gasteiger partial charge in [0.1, 0.15) is 13.2 Å².